The molecule has 2 heterocycles. The van der Waals surface area contributed by atoms with Gasteiger partial charge in [-0.25, -0.2) is 4.98 Å². The molecule has 2 aromatic heterocycles. The maximum atomic E-state index is 12.7. The van der Waals surface area contributed by atoms with E-state index in [0.717, 1.165) is 13.0 Å². The topological polar surface area (TPSA) is 97.5 Å². The number of hydrogen-bond acceptors (Lipinski definition) is 5. The molecule has 0 aliphatic carbocycles. The van der Waals surface area contributed by atoms with Crippen LogP contribution in [0.5, 0.6) is 0 Å². The summed E-state index contributed by atoms with van der Waals surface area (Å²) in [6, 6.07) is 0. The van der Waals surface area contributed by atoms with Crippen LogP contribution in [0.1, 0.15) is 28.6 Å². The second-order valence-corrected chi connectivity index (χ2v) is 7.48. The van der Waals surface area contributed by atoms with Crippen LogP contribution < -0.4 is 21.1 Å². The zero-order valence-corrected chi connectivity index (χ0v) is 16.5. The van der Waals surface area contributed by atoms with E-state index in [2.05, 4.69) is 15.6 Å². The second kappa shape index (κ2) is 8.91. The summed E-state index contributed by atoms with van der Waals surface area (Å²) >= 11 is 1.20. The normalized spacial score (nSPS) is 11.1. The van der Waals surface area contributed by atoms with Crippen molar-refractivity contribution >= 4 is 33.4 Å². The molecular formula is C17H26N5O3S+. The number of fused-ring (bicyclic) bond motifs is 1. The molecule has 26 heavy (non-hydrogen) atoms. The van der Waals surface area contributed by atoms with E-state index in [1.165, 1.54) is 27.1 Å². The van der Waals surface area contributed by atoms with E-state index in [4.69, 9.17) is 0 Å². The monoisotopic (exact) mass is 380 g/mol. The van der Waals surface area contributed by atoms with Gasteiger partial charge in [-0.2, -0.15) is 0 Å². The number of carbonyl (C=O) groups is 2. The zero-order chi connectivity index (χ0) is 19.3. The van der Waals surface area contributed by atoms with Gasteiger partial charge in [0.05, 0.1) is 43.8 Å². The van der Waals surface area contributed by atoms with Gasteiger partial charge < -0.3 is 15.5 Å². The largest absolute Gasteiger partial charge is 0.355 e. The van der Waals surface area contributed by atoms with E-state index in [0.29, 0.717) is 33.7 Å². The Labute approximate surface area is 156 Å². The van der Waals surface area contributed by atoms with Gasteiger partial charge in [-0.1, -0.05) is 6.92 Å². The average Bonchev–Trinajstić information content (AvgIpc) is 2.92. The minimum atomic E-state index is -0.299. The molecule has 0 unspecified atom stereocenters. The third-order valence-electron chi connectivity index (χ3n) is 3.92. The lowest BCUT2D eigenvalue weighted by Crippen LogP contribution is -3.06. The number of rotatable bonds is 8. The molecule has 0 atom stereocenters. The minimum absolute atomic E-state index is 0.0792. The standard InChI is InChI=1S/C17H25N5O3S/c1-5-6-18-12(23)9-22-10-20-16-13(17(22)25)11(2)14(26-16)15(24)19-7-8-21(3)4/h10H,5-9H2,1-4H3,(H,18,23)(H,19,24)/p+1. The first-order chi connectivity index (χ1) is 12.3. The van der Waals surface area contributed by atoms with Crippen LogP contribution in [0.15, 0.2) is 11.1 Å². The highest BCUT2D eigenvalue weighted by Crippen LogP contribution is 2.26. The molecule has 0 aromatic carbocycles. The number of hydrogen-bond donors (Lipinski definition) is 3. The molecular weight excluding hydrogens is 354 g/mol. The Hall–Kier alpha value is -2.26. The van der Waals surface area contributed by atoms with E-state index < -0.39 is 0 Å². The highest BCUT2D eigenvalue weighted by atomic mass is 32.1. The van der Waals surface area contributed by atoms with Crippen molar-refractivity contribution in [2.24, 2.45) is 0 Å². The molecule has 0 saturated heterocycles. The van der Waals surface area contributed by atoms with Crippen molar-refractivity contribution in [3.05, 3.63) is 27.1 Å². The first kappa shape index (κ1) is 20.1. The van der Waals surface area contributed by atoms with Crippen molar-refractivity contribution in [2.45, 2.75) is 26.8 Å². The Kier molecular flexibility index (Phi) is 6.87. The molecule has 0 bridgehead atoms. The Balaban J connectivity index is 2.25. The molecule has 0 aliphatic rings. The molecule has 8 nitrogen and oxygen atoms in total. The van der Waals surface area contributed by atoms with Crippen LogP contribution in [-0.4, -0.2) is 55.1 Å². The molecule has 9 heteroatoms. The maximum absolute atomic E-state index is 12.7. The Morgan fingerprint density at radius 2 is 2.00 bits per heavy atom. The number of quaternary nitrogens is 1. The molecule has 2 rings (SSSR count). The Morgan fingerprint density at radius 1 is 1.27 bits per heavy atom. The van der Waals surface area contributed by atoms with E-state index in [1.54, 1.807) is 6.92 Å². The summed E-state index contributed by atoms with van der Waals surface area (Å²) in [6.07, 6.45) is 2.19. The van der Waals surface area contributed by atoms with Crippen LogP contribution in [-0.2, 0) is 11.3 Å². The van der Waals surface area contributed by atoms with Crippen LogP contribution in [0.4, 0.5) is 0 Å². The van der Waals surface area contributed by atoms with E-state index in [9.17, 15) is 14.4 Å². The zero-order valence-electron chi connectivity index (χ0n) is 15.6. The minimum Gasteiger partial charge on any atom is -0.355 e. The van der Waals surface area contributed by atoms with Crippen molar-refractivity contribution in [1.29, 1.82) is 0 Å². The van der Waals surface area contributed by atoms with Crippen LogP contribution in [0.25, 0.3) is 10.2 Å². The summed E-state index contributed by atoms with van der Waals surface area (Å²) < 4.78 is 1.28. The fourth-order valence-electron chi connectivity index (χ4n) is 2.47. The van der Waals surface area contributed by atoms with Gasteiger partial charge in [-0.3, -0.25) is 19.0 Å². The number of aromatic nitrogens is 2. The maximum Gasteiger partial charge on any atom is 0.262 e. The Bertz CT molecular complexity index is 856. The van der Waals surface area contributed by atoms with Crippen molar-refractivity contribution in [2.75, 3.05) is 33.7 Å². The van der Waals surface area contributed by atoms with Gasteiger partial charge in [0.25, 0.3) is 11.5 Å². The van der Waals surface area contributed by atoms with Crippen LogP contribution in [0, 0.1) is 6.92 Å². The van der Waals surface area contributed by atoms with Crippen molar-refractivity contribution in [3.8, 4) is 0 Å². The molecule has 0 fully saturated rings. The van der Waals surface area contributed by atoms with Crippen molar-refractivity contribution < 1.29 is 14.5 Å². The summed E-state index contributed by atoms with van der Waals surface area (Å²) in [5, 5.41) is 6.01. The predicted octanol–water partition coefficient (Wildman–Crippen LogP) is -0.833. The van der Waals surface area contributed by atoms with Gasteiger partial charge in [0, 0.05) is 6.54 Å². The number of carbonyl (C=O) groups excluding carboxylic acids is 2. The predicted molar refractivity (Wildman–Crippen MR) is 102 cm³/mol. The lowest BCUT2D eigenvalue weighted by molar-refractivity contribution is -0.856. The first-order valence-corrected chi connectivity index (χ1v) is 9.49. The van der Waals surface area contributed by atoms with E-state index in [1.807, 2.05) is 21.0 Å². The van der Waals surface area contributed by atoms with E-state index >= 15 is 0 Å². The smallest absolute Gasteiger partial charge is 0.262 e. The number of amides is 2. The van der Waals surface area contributed by atoms with Gasteiger partial charge in [0.2, 0.25) is 5.91 Å². The van der Waals surface area contributed by atoms with Crippen molar-refractivity contribution in [3.63, 3.8) is 0 Å². The lowest BCUT2D eigenvalue weighted by atomic mass is 10.2. The van der Waals surface area contributed by atoms with E-state index in [-0.39, 0.29) is 23.9 Å². The SMILES string of the molecule is CCCNC(=O)Cn1cnc2sc(C(=O)NCC[NH+](C)C)c(C)c2c1=O. The molecule has 0 saturated carbocycles. The fourth-order valence-corrected chi connectivity index (χ4v) is 3.53. The number of likely N-dealkylation sites (N-methyl/N-ethyl adjacent to an activating group) is 1. The number of nitrogens with one attached hydrogen (secondary N) is 3. The van der Waals surface area contributed by atoms with Gasteiger partial charge in [0.1, 0.15) is 11.4 Å². The van der Waals surface area contributed by atoms with Crippen LogP contribution >= 0.6 is 11.3 Å². The molecule has 2 amide bonds. The summed E-state index contributed by atoms with van der Waals surface area (Å²) in [5.41, 5.74) is 0.313. The summed E-state index contributed by atoms with van der Waals surface area (Å²) in [7, 11) is 4.03. The van der Waals surface area contributed by atoms with Crippen molar-refractivity contribution in [1.82, 2.24) is 20.2 Å². The summed E-state index contributed by atoms with van der Waals surface area (Å²) in [4.78, 5) is 43.5. The highest BCUT2D eigenvalue weighted by Gasteiger charge is 2.20. The molecule has 0 aliphatic heterocycles. The molecule has 0 radical (unpaired) electrons. The average molecular weight is 380 g/mol. The lowest BCUT2D eigenvalue weighted by Gasteiger charge is -2.08. The summed E-state index contributed by atoms with van der Waals surface area (Å²) in [6.45, 7) is 5.57. The number of nitrogens with zero attached hydrogens (tertiary/aromatic N) is 2. The van der Waals surface area contributed by atoms with Gasteiger partial charge >= 0.3 is 0 Å². The fraction of sp³-hybridized carbons (Fsp3) is 0.529. The number of aryl methyl sites for hydroxylation is 1. The summed E-state index contributed by atoms with van der Waals surface area (Å²) in [5.74, 6) is -0.425. The molecule has 142 valence electrons. The first-order valence-electron chi connectivity index (χ1n) is 8.67. The van der Waals surface area contributed by atoms with Crippen LogP contribution in [0.3, 0.4) is 0 Å². The molecule has 3 N–H and O–H groups in total. The molecule has 0 spiro atoms. The van der Waals surface area contributed by atoms with Gasteiger partial charge in [-0.05, 0) is 18.9 Å². The Morgan fingerprint density at radius 3 is 2.65 bits per heavy atom. The van der Waals surface area contributed by atoms with Crippen LogP contribution in [0.2, 0.25) is 0 Å². The van der Waals surface area contributed by atoms with Gasteiger partial charge in [0.15, 0.2) is 0 Å². The number of thiophene rings is 1. The second-order valence-electron chi connectivity index (χ2n) is 6.48. The highest BCUT2D eigenvalue weighted by molar-refractivity contribution is 7.20. The molecule has 2 aromatic rings. The third kappa shape index (κ3) is 4.67. The quantitative estimate of drug-likeness (QED) is 0.557. The third-order valence-corrected chi connectivity index (χ3v) is 5.12. The van der Waals surface area contributed by atoms with Gasteiger partial charge in [-0.15, -0.1) is 11.3 Å².